The summed E-state index contributed by atoms with van der Waals surface area (Å²) in [6.45, 7) is 3.82. The number of piperidine rings is 1. The van der Waals surface area contributed by atoms with Crippen molar-refractivity contribution in [1.29, 1.82) is 0 Å². The van der Waals surface area contributed by atoms with Crippen molar-refractivity contribution in [2.24, 2.45) is 0 Å². The SMILES string of the molecule is COc1c(C)c(Cl)cc(C2CCNCC2)c1O. The molecule has 17 heavy (non-hydrogen) atoms. The Kier molecular flexibility index (Phi) is 3.79. The van der Waals surface area contributed by atoms with Gasteiger partial charge in [0.05, 0.1) is 7.11 Å². The first-order chi connectivity index (χ1) is 8.15. The van der Waals surface area contributed by atoms with Crippen LogP contribution in [-0.2, 0) is 0 Å². The van der Waals surface area contributed by atoms with Gasteiger partial charge < -0.3 is 15.2 Å². The van der Waals surface area contributed by atoms with Crippen LogP contribution < -0.4 is 10.1 Å². The number of methoxy groups -OCH3 is 1. The molecule has 0 spiro atoms. The van der Waals surface area contributed by atoms with Gasteiger partial charge in [-0.3, -0.25) is 0 Å². The Balaban J connectivity index is 2.42. The van der Waals surface area contributed by atoms with Crippen LogP contribution in [-0.4, -0.2) is 25.3 Å². The Morgan fingerprint density at radius 3 is 2.65 bits per heavy atom. The lowest BCUT2D eigenvalue weighted by Crippen LogP contribution is -2.26. The second-order valence-electron chi connectivity index (χ2n) is 4.48. The maximum absolute atomic E-state index is 10.2. The molecule has 2 rings (SSSR count). The number of halogens is 1. The summed E-state index contributed by atoms with van der Waals surface area (Å²) in [4.78, 5) is 0. The molecule has 0 unspecified atom stereocenters. The maximum atomic E-state index is 10.2. The van der Waals surface area contributed by atoms with Gasteiger partial charge in [0.1, 0.15) is 0 Å². The third-order valence-electron chi connectivity index (χ3n) is 3.45. The number of phenolic OH excluding ortho intramolecular Hbond substituents is 1. The van der Waals surface area contributed by atoms with Gasteiger partial charge in [-0.15, -0.1) is 0 Å². The summed E-state index contributed by atoms with van der Waals surface area (Å²) in [7, 11) is 1.56. The largest absolute Gasteiger partial charge is 0.504 e. The van der Waals surface area contributed by atoms with E-state index >= 15 is 0 Å². The molecule has 1 fully saturated rings. The first-order valence-electron chi connectivity index (χ1n) is 5.91. The summed E-state index contributed by atoms with van der Waals surface area (Å²) in [5, 5.41) is 14.2. The number of hydrogen-bond acceptors (Lipinski definition) is 3. The highest BCUT2D eigenvalue weighted by Gasteiger charge is 2.23. The normalized spacial score (nSPS) is 17.1. The van der Waals surface area contributed by atoms with Crippen LogP contribution in [0.5, 0.6) is 11.5 Å². The zero-order valence-electron chi connectivity index (χ0n) is 10.2. The van der Waals surface area contributed by atoms with Gasteiger partial charge >= 0.3 is 0 Å². The summed E-state index contributed by atoms with van der Waals surface area (Å²) in [5.74, 6) is 1.12. The minimum Gasteiger partial charge on any atom is -0.504 e. The van der Waals surface area contributed by atoms with E-state index < -0.39 is 0 Å². The molecule has 1 aliphatic heterocycles. The monoisotopic (exact) mass is 255 g/mol. The molecule has 0 atom stereocenters. The Labute approximate surface area is 107 Å². The molecule has 0 amide bonds. The molecular formula is C13H18ClNO2. The van der Waals surface area contributed by atoms with E-state index in [2.05, 4.69) is 5.32 Å². The van der Waals surface area contributed by atoms with Crippen LogP contribution in [0.1, 0.15) is 29.9 Å². The van der Waals surface area contributed by atoms with Crippen molar-refractivity contribution in [3.05, 3.63) is 22.2 Å². The second-order valence-corrected chi connectivity index (χ2v) is 4.89. The van der Waals surface area contributed by atoms with E-state index in [1.807, 2.05) is 13.0 Å². The Bertz CT molecular complexity index is 414. The van der Waals surface area contributed by atoms with E-state index in [0.29, 0.717) is 16.7 Å². The molecule has 0 aliphatic carbocycles. The van der Waals surface area contributed by atoms with Crippen molar-refractivity contribution in [3.8, 4) is 11.5 Å². The quantitative estimate of drug-likeness (QED) is 0.854. The van der Waals surface area contributed by atoms with Gasteiger partial charge in [-0.1, -0.05) is 11.6 Å². The summed E-state index contributed by atoms with van der Waals surface area (Å²) >= 11 is 6.18. The molecule has 1 heterocycles. The van der Waals surface area contributed by atoms with Crippen LogP contribution in [0.2, 0.25) is 5.02 Å². The zero-order valence-corrected chi connectivity index (χ0v) is 11.0. The van der Waals surface area contributed by atoms with E-state index in [0.717, 1.165) is 37.1 Å². The van der Waals surface area contributed by atoms with Crippen LogP contribution in [0.15, 0.2) is 6.07 Å². The van der Waals surface area contributed by atoms with E-state index in [1.54, 1.807) is 7.11 Å². The first kappa shape index (κ1) is 12.5. The number of hydrogen-bond donors (Lipinski definition) is 2. The number of phenols is 1. The fourth-order valence-electron chi connectivity index (χ4n) is 2.42. The standard InChI is InChI=1S/C13H18ClNO2/c1-8-11(14)7-10(12(16)13(8)17-2)9-3-5-15-6-4-9/h7,9,15-16H,3-6H2,1-2H3. The van der Waals surface area contributed by atoms with Crippen molar-refractivity contribution in [2.75, 3.05) is 20.2 Å². The lowest BCUT2D eigenvalue weighted by Gasteiger charge is -2.25. The Hall–Kier alpha value is -0.930. The highest BCUT2D eigenvalue weighted by molar-refractivity contribution is 6.31. The summed E-state index contributed by atoms with van der Waals surface area (Å²) in [6.07, 6.45) is 2.05. The lowest BCUT2D eigenvalue weighted by atomic mass is 9.88. The summed E-state index contributed by atoms with van der Waals surface area (Å²) in [5.41, 5.74) is 1.71. The van der Waals surface area contributed by atoms with Gasteiger partial charge in [0.2, 0.25) is 0 Å². The Morgan fingerprint density at radius 2 is 2.06 bits per heavy atom. The number of nitrogens with one attached hydrogen (secondary N) is 1. The smallest absolute Gasteiger partial charge is 0.165 e. The zero-order chi connectivity index (χ0) is 12.4. The van der Waals surface area contributed by atoms with Crippen molar-refractivity contribution in [2.45, 2.75) is 25.7 Å². The van der Waals surface area contributed by atoms with Gasteiger partial charge in [0.25, 0.3) is 0 Å². The van der Waals surface area contributed by atoms with Crippen molar-refractivity contribution >= 4 is 11.6 Å². The second kappa shape index (κ2) is 5.15. The van der Waals surface area contributed by atoms with E-state index in [4.69, 9.17) is 16.3 Å². The van der Waals surface area contributed by atoms with Crippen LogP contribution in [0, 0.1) is 6.92 Å². The van der Waals surface area contributed by atoms with Crippen molar-refractivity contribution in [3.63, 3.8) is 0 Å². The van der Waals surface area contributed by atoms with Gasteiger partial charge in [0.15, 0.2) is 11.5 Å². The number of rotatable bonds is 2. The van der Waals surface area contributed by atoms with Crippen molar-refractivity contribution in [1.82, 2.24) is 5.32 Å². The minimum atomic E-state index is 0.251. The molecule has 94 valence electrons. The molecule has 0 bridgehead atoms. The molecule has 0 aromatic heterocycles. The molecule has 3 nitrogen and oxygen atoms in total. The molecule has 2 N–H and O–H groups in total. The van der Waals surface area contributed by atoms with E-state index in [1.165, 1.54) is 0 Å². The minimum absolute atomic E-state index is 0.251. The highest BCUT2D eigenvalue weighted by atomic mass is 35.5. The van der Waals surface area contributed by atoms with Crippen LogP contribution in [0.3, 0.4) is 0 Å². The summed E-state index contributed by atoms with van der Waals surface area (Å²) < 4.78 is 5.24. The molecule has 1 aliphatic rings. The lowest BCUT2D eigenvalue weighted by molar-refractivity contribution is 0.360. The molecule has 1 aromatic carbocycles. The third-order valence-corrected chi connectivity index (χ3v) is 3.85. The summed E-state index contributed by atoms with van der Waals surface area (Å²) in [6, 6.07) is 1.88. The average Bonchev–Trinajstić information content (AvgIpc) is 2.36. The van der Waals surface area contributed by atoms with Crippen LogP contribution in [0.4, 0.5) is 0 Å². The molecule has 0 radical (unpaired) electrons. The van der Waals surface area contributed by atoms with E-state index in [9.17, 15) is 5.11 Å². The van der Waals surface area contributed by atoms with Crippen LogP contribution in [0.25, 0.3) is 0 Å². The van der Waals surface area contributed by atoms with Crippen LogP contribution >= 0.6 is 11.6 Å². The van der Waals surface area contributed by atoms with Gasteiger partial charge in [0, 0.05) is 16.1 Å². The number of ether oxygens (including phenoxy) is 1. The molecular weight excluding hydrogens is 238 g/mol. The maximum Gasteiger partial charge on any atom is 0.165 e. The van der Waals surface area contributed by atoms with Gasteiger partial charge in [-0.05, 0) is 44.8 Å². The topological polar surface area (TPSA) is 41.5 Å². The molecule has 0 saturated carbocycles. The number of benzene rings is 1. The first-order valence-corrected chi connectivity index (χ1v) is 6.29. The fraction of sp³-hybridized carbons (Fsp3) is 0.538. The van der Waals surface area contributed by atoms with Gasteiger partial charge in [-0.25, -0.2) is 0 Å². The van der Waals surface area contributed by atoms with E-state index in [-0.39, 0.29) is 5.75 Å². The Morgan fingerprint density at radius 1 is 1.41 bits per heavy atom. The van der Waals surface area contributed by atoms with Crippen molar-refractivity contribution < 1.29 is 9.84 Å². The highest BCUT2D eigenvalue weighted by Crippen LogP contribution is 2.43. The average molecular weight is 256 g/mol. The predicted octanol–water partition coefficient (Wildman–Crippen LogP) is 2.83. The fourth-order valence-corrected chi connectivity index (χ4v) is 2.63. The third kappa shape index (κ3) is 2.35. The molecule has 4 heteroatoms. The predicted molar refractivity (Wildman–Crippen MR) is 69.3 cm³/mol. The van der Waals surface area contributed by atoms with Gasteiger partial charge in [-0.2, -0.15) is 0 Å². The number of aromatic hydroxyl groups is 1. The molecule has 1 saturated heterocycles. The molecule has 1 aromatic rings.